The summed E-state index contributed by atoms with van der Waals surface area (Å²) in [6.07, 6.45) is 0. The second kappa shape index (κ2) is 8.68. The van der Waals surface area contributed by atoms with E-state index in [9.17, 15) is 13.2 Å². The Labute approximate surface area is 181 Å². The summed E-state index contributed by atoms with van der Waals surface area (Å²) in [7, 11) is -1.12. The summed E-state index contributed by atoms with van der Waals surface area (Å²) in [5, 5.41) is 1.18. The Morgan fingerprint density at radius 2 is 1.59 bits per heavy atom. The minimum atomic E-state index is -4.14. The molecule has 1 amide bonds. The zero-order chi connectivity index (χ0) is 20.4. The van der Waals surface area contributed by atoms with Crippen molar-refractivity contribution in [3.8, 4) is 0 Å². The van der Waals surface area contributed by atoms with Gasteiger partial charge in [0.25, 0.3) is 5.91 Å². The lowest BCUT2D eigenvalue weighted by Gasteiger charge is -2.35. The number of alkyl halides is 2. The molecule has 0 radical (unpaired) electrons. The lowest BCUT2D eigenvalue weighted by molar-refractivity contribution is 0.0936. The van der Waals surface area contributed by atoms with Crippen molar-refractivity contribution in [2.45, 2.75) is 14.7 Å². The van der Waals surface area contributed by atoms with Crippen LogP contribution in [0.3, 0.4) is 0 Å². The van der Waals surface area contributed by atoms with E-state index in [2.05, 4.69) is 21.2 Å². The van der Waals surface area contributed by atoms with E-state index in [0.717, 1.165) is 4.47 Å². The van der Waals surface area contributed by atoms with Crippen LogP contribution >= 0.6 is 50.7 Å². The Hall–Kier alpha value is -0.830. The molecule has 0 aromatic heterocycles. The zero-order valence-corrected chi connectivity index (χ0v) is 19.0. The van der Waals surface area contributed by atoms with E-state index in [1.165, 1.54) is 43.3 Å². The van der Waals surface area contributed by atoms with Gasteiger partial charge in [0, 0.05) is 15.1 Å². The van der Waals surface area contributed by atoms with E-state index in [4.69, 9.17) is 34.8 Å². The smallest absolute Gasteiger partial charge is 0.252 e. The van der Waals surface area contributed by atoms with Gasteiger partial charge in [-0.15, -0.1) is 0 Å². The lowest BCUT2D eigenvalue weighted by Crippen LogP contribution is -2.57. The summed E-state index contributed by atoms with van der Waals surface area (Å²) < 4.78 is 25.2. The van der Waals surface area contributed by atoms with Gasteiger partial charge in [0.15, 0.2) is 5.37 Å². The Morgan fingerprint density at radius 3 is 2.07 bits per heavy atom. The van der Waals surface area contributed by atoms with Crippen molar-refractivity contribution in [2.75, 3.05) is 14.1 Å². The molecular weight excluding hydrogens is 499 g/mol. The predicted octanol–water partition coefficient (Wildman–Crippen LogP) is 4.33. The van der Waals surface area contributed by atoms with Gasteiger partial charge in [-0.2, -0.15) is 0 Å². The van der Waals surface area contributed by atoms with Crippen LogP contribution in [0.2, 0.25) is 5.02 Å². The molecule has 146 valence electrons. The van der Waals surface area contributed by atoms with E-state index in [-0.39, 0.29) is 10.5 Å². The molecule has 0 aliphatic heterocycles. The molecular formula is C17H16BrCl3N2O3S. The van der Waals surface area contributed by atoms with Crippen LogP contribution in [0.1, 0.15) is 10.4 Å². The van der Waals surface area contributed by atoms with E-state index in [0.29, 0.717) is 5.02 Å². The largest absolute Gasteiger partial charge is 0.332 e. The zero-order valence-electron chi connectivity index (χ0n) is 14.3. The molecule has 0 aliphatic rings. The highest BCUT2D eigenvalue weighted by Crippen LogP contribution is 2.34. The minimum absolute atomic E-state index is 0.0690. The number of hydrogen-bond acceptors (Lipinski definition) is 4. The number of halogens is 4. The molecule has 1 N–H and O–H groups in total. The third-order valence-electron chi connectivity index (χ3n) is 3.73. The third kappa shape index (κ3) is 5.16. The van der Waals surface area contributed by atoms with Crippen molar-refractivity contribution in [3.63, 3.8) is 0 Å². The van der Waals surface area contributed by atoms with Crippen molar-refractivity contribution in [1.82, 2.24) is 10.2 Å². The van der Waals surface area contributed by atoms with Gasteiger partial charge >= 0.3 is 0 Å². The summed E-state index contributed by atoms with van der Waals surface area (Å²) in [4.78, 5) is 13.9. The standard InChI is InChI=1S/C17H16BrCl3N2O3S/c1-23(2)17(20,21)16(22-15(24)11-3-5-12(18)6-4-11)27(25,26)14-9-7-13(19)8-10-14/h3-10,16H,1-2H3,(H,22,24). The molecule has 1 unspecified atom stereocenters. The van der Waals surface area contributed by atoms with Crippen LogP contribution in [0, 0.1) is 0 Å². The predicted molar refractivity (Wildman–Crippen MR) is 112 cm³/mol. The topological polar surface area (TPSA) is 66.5 Å². The number of amides is 1. The fraction of sp³-hybridized carbons (Fsp3) is 0.235. The number of nitrogens with zero attached hydrogens (tertiary/aromatic N) is 1. The highest BCUT2D eigenvalue weighted by Gasteiger charge is 2.47. The molecule has 0 saturated heterocycles. The highest BCUT2D eigenvalue weighted by molar-refractivity contribution is 9.10. The van der Waals surface area contributed by atoms with E-state index in [1.807, 2.05) is 0 Å². The number of carbonyl (C=O) groups excluding carboxylic acids is 1. The first-order valence-electron chi connectivity index (χ1n) is 7.57. The lowest BCUT2D eigenvalue weighted by atomic mass is 10.2. The molecule has 5 nitrogen and oxygen atoms in total. The first-order valence-corrected chi connectivity index (χ1v) is 11.0. The fourth-order valence-corrected chi connectivity index (χ4v) is 4.99. The summed E-state index contributed by atoms with van der Waals surface area (Å²) in [5.41, 5.74) is 0.261. The first kappa shape index (κ1) is 22.5. The summed E-state index contributed by atoms with van der Waals surface area (Å²) in [5.74, 6) is -0.627. The van der Waals surface area contributed by atoms with Crippen LogP contribution in [-0.4, -0.2) is 43.2 Å². The average Bonchev–Trinajstić information content (AvgIpc) is 2.60. The van der Waals surface area contributed by atoms with Gasteiger partial charge in [-0.1, -0.05) is 50.7 Å². The molecule has 2 aromatic carbocycles. The Balaban J connectivity index is 2.47. The SMILES string of the molecule is CN(C)C(Cl)(Cl)C(NC(=O)c1ccc(Br)cc1)S(=O)(=O)c1ccc(Cl)cc1. The van der Waals surface area contributed by atoms with Gasteiger partial charge < -0.3 is 5.32 Å². The van der Waals surface area contributed by atoms with Gasteiger partial charge in [0.05, 0.1) is 4.90 Å². The molecule has 27 heavy (non-hydrogen) atoms. The molecule has 1 atom stereocenters. The van der Waals surface area contributed by atoms with Gasteiger partial charge in [-0.05, 0) is 62.6 Å². The summed E-state index contributed by atoms with van der Waals surface area (Å²) in [6, 6.07) is 11.9. The van der Waals surface area contributed by atoms with Crippen LogP contribution in [0.4, 0.5) is 0 Å². The van der Waals surface area contributed by atoms with Crippen LogP contribution < -0.4 is 5.32 Å². The maximum atomic E-state index is 13.2. The number of sulfone groups is 1. The Kier molecular flexibility index (Phi) is 7.22. The molecule has 10 heteroatoms. The van der Waals surface area contributed by atoms with Gasteiger partial charge in [0.1, 0.15) is 0 Å². The second-order valence-corrected chi connectivity index (χ2v) is 10.6. The normalized spacial score (nSPS) is 13.4. The quantitative estimate of drug-likeness (QED) is 0.461. The van der Waals surface area contributed by atoms with Crippen LogP contribution in [0.25, 0.3) is 0 Å². The van der Waals surface area contributed by atoms with Gasteiger partial charge in [0.2, 0.25) is 14.3 Å². The number of hydrogen-bond donors (Lipinski definition) is 1. The molecule has 0 heterocycles. The molecule has 0 saturated carbocycles. The van der Waals surface area contributed by atoms with E-state index >= 15 is 0 Å². The molecule has 0 spiro atoms. The van der Waals surface area contributed by atoms with E-state index in [1.54, 1.807) is 24.3 Å². The molecule has 0 bridgehead atoms. The summed E-state index contributed by atoms with van der Waals surface area (Å²) in [6.45, 7) is 0. The average molecular weight is 515 g/mol. The number of benzene rings is 2. The molecule has 2 rings (SSSR count). The molecule has 2 aromatic rings. The van der Waals surface area contributed by atoms with Crippen molar-refractivity contribution in [3.05, 3.63) is 63.6 Å². The van der Waals surface area contributed by atoms with Gasteiger partial charge in [-0.25, -0.2) is 8.42 Å². The van der Waals surface area contributed by atoms with Crippen LogP contribution in [0.5, 0.6) is 0 Å². The van der Waals surface area contributed by atoms with E-state index < -0.39 is 25.6 Å². The van der Waals surface area contributed by atoms with Gasteiger partial charge in [-0.3, -0.25) is 9.69 Å². The number of nitrogens with one attached hydrogen (secondary N) is 1. The molecule has 0 fully saturated rings. The number of rotatable bonds is 6. The van der Waals surface area contributed by atoms with Crippen molar-refractivity contribution >= 4 is 66.5 Å². The van der Waals surface area contributed by atoms with Crippen molar-refractivity contribution in [1.29, 1.82) is 0 Å². The third-order valence-corrected chi connectivity index (χ3v) is 7.89. The first-order chi connectivity index (χ1) is 12.5. The highest BCUT2D eigenvalue weighted by atomic mass is 79.9. The molecule has 0 aliphatic carbocycles. The maximum absolute atomic E-state index is 13.2. The van der Waals surface area contributed by atoms with Crippen molar-refractivity contribution < 1.29 is 13.2 Å². The monoisotopic (exact) mass is 512 g/mol. The number of likely N-dealkylation sites (N-methyl/N-ethyl adjacent to an activating group) is 1. The number of carbonyl (C=O) groups is 1. The maximum Gasteiger partial charge on any atom is 0.252 e. The Morgan fingerprint density at radius 1 is 1.07 bits per heavy atom. The second-order valence-electron chi connectivity index (χ2n) is 5.84. The van der Waals surface area contributed by atoms with Crippen LogP contribution in [-0.2, 0) is 9.84 Å². The minimum Gasteiger partial charge on any atom is -0.332 e. The van der Waals surface area contributed by atoms with Crippen molar-refractivity contribution in [2.24, 2.45) is 0 Å². The fourth-order valence-electron chi connectivity index (χ4n) is 2.15. The Bertz CT molecular complexity index is 917. The van der Waals surface area contributed by atoms with Crippen LogP contribution in [0.15, 0.2) is 57.9 Å². The summed E-state index contributed by atoms with van der Waals surface area (Å²) >= 11 is 21.8.